The Labute approximate surface area is 387 Å². The molecular formula is C64H59N. The normalized spacial score (nSPS) is 15.7. The zero-order valence-electron chi connectivity index (χ0n) is 38.7. The maximum absolute atomic E-state index is 4.72. The van der Waals surface area contributed by atoms with Gasteiger partial charge in [-0.05, 0) is 154 Å². The maximum atomic E-state index is 4.72. The number of anilines is 2. The van der Waals surface area contributed by atoms with Gasteiger partial charge in [-0.2, -0.15) is 0 Å². The van der Waals surface area contributed by atoms with E-state index in [0.717, 1.165) is 31.4 Å². The Morgan fingerprint density at radius 3 is 1.68 bits per heavy atom. The molecule has 1 heteroatoms. The lowest BCUT2D eigenvalue weighted by molar-refractivity contribution is 0.563. The first kappa shape index (κ1) is 42.0. The molecule has 0 amide bonds. The number of rotatable bonds is 7. The first-order chi connectivity index (χ1) is 31.6. The molecule has 0 unspecified atom stereocenters. The molecule has 0 aromatic heterocycles. The lowest BCUT2D eigenvalue weighted by atomic mass is 9.73. The first-order valence-corrected chi connectivity index (χ1v) is 23.3. The van der Waals surface area contributed by atoms with Gasteiger partial charge in [-0.1, -0.05) is 189 Å². The van der Waals surface area contributed by atoms with Gasteiger partial charge in [-0.3, -0.25) is 0 Å². The smallest absolute Gasteiger partial charge is 0.0502 e. The molecule has 1 aliphatic heterocycles. The number of benzene rings is 7. The van der Waals surface area contributed by atoms with Crippen LogP contribution in [0.4, 0.5) is 11.4 Å². The van der Waals surface area contributed by atoms with Crippen LogP contribution in [0.3, 0.4) is 0 Å². The molecule has 0 bridgehead atoms. The molecule has 0 radical (unpaired) electrons. The fourth-order valence-corrected chi connectivity index (χ4v) is 11.7. The Morgan fingerprint density at radius 1 is 0.569 bits per heavy atom. The van der Waals surface area contributed by atoms with E-state index in [1.54, 1.807) is 0 Å². The summed E-state index contributed by atoms with van der Waals surface area (Å²) in [5, 5.41) is 0. The number of hydrogen-bond donors (Lipinski definition) is 0. The lowest BCUT2D eigenvalue weighted by Gasteiger charge is -2.42. The Morgan fingerprint density at radius 2 is 1.08 bits per heavy atom. The van der Waals surface area contributed by atoms with E-state index < -0.39 is 0 Å². The highest BCUT2D eigenvalue weighted by Crippen LogP contribution is 2.56. The van der Waals surface area contributed by atoms with Crippen LogP contribution in [-0.4, -0.2) is 0 Å². The fraction of sp³-hybridized carbons (Fsp3) is 0.188. The van der Waals surface area contributed by atoms with E-state index in [-0.39, 0.29) is 10.8 Å². The SMILES string of the molecule is C=C.C=C(/C=C\C(=C(C)C)c1ccc(/C=C/c2ccc3c(c2)C2(Cc4ccccc4C2)c2cc(C)ccc2-3)cc1C1Cc2ccccc2C1)N1c2ccccc2C(C)(C)c2ccccc21. The van der Waals surface area contributed by atoms with Crippen LogP contribution in [0.1, 0.15) is 106 Å². The van der Waals surface area contributed by atoms with Gasteiger partial charge in [0.2, 0.25) is 0 Å². The van der Waals surface area contributed by atoms with Crippen molar-refractivity contribution in [3.05, 3.63) is 267 Å². The maximum Gasteiger partial charge on any atom is 0.0502 e. The highest BCUT2D eigenvalue weighted by atomic mass is 15.2. The van der Waals surface area contributed by atoms with Gasteiger partial charge in [0.15, 0.2) is 0 Å². The van der Waals surface area contributed by atoms with Crippen LogP contribution in [0.25, 0.3) is 28.9 Å². The first-order valence-electron chi connectivity index (χ1n) is 23.3. The van der Waals surface area contributed by atoms with Gasteiger partial charge in [-0.15, -0.1) is 13.2 Å². The molecule has 4 aliphatic rings. The molecule has 1 heterocycles. The van der Waals surface area contributed by atoms with Crippen molar-refractivity contribution in [3.63, 3.8) is 0 Å². The van der Waals surface area contributed by atoms with E-state index in [2.05, 4.69) is 229 Å². The Hall–Kier alpha value is -6.96. The quantitative estimate of drug-likeness (QED) is 0.0878. The fourth-order valence-electron chi connectivity index (χ4n) is 11.7. The molecule has 0 saturated heterocycles. The Bertz CT molecular complexity index is 3020. The summed E-state index contributed by atoms with van der Waals surface area (Å²) >= 11 is 0. The Balaban J connectivity index is 0.00000246. The van der Waals surface area contributed by atoms with Crippen LogP contribution >= 0.6 is 0 Å². The summed E-state index contributed by atoms with van der Waals surface area (Å²) in [6.07, 6.45) is 13.4. The third-order valence-corrected chi connectivity index (χ3v) is 14.9. The summed E-state index contributed by atoms with van der Waals surface area (Å²) in [4.78, 5) is 2.35. The summed E-state index contributed by atoms with van der Waals surface area (Å²) in [6.45, 7) is 22.1. The van der Waals surface area contributed by atoms with Gasteiger partial charge < -0.3 is 4.90 Å². The van der Waals surface area contributed by atoms with Gasteiger partial charge in [0, 0.05) is 16.5 Å². The topological polar surface area (TPSA) is 3.24 Å². The van der Waals surface area contributed by atoms with E-state index in [4.69, 9.17) is 6.58 Å². The highest BCUT2D eigenvalue weighted by Gasteiger charge is 2.47. The summed E-state index contributed by atoms with van der Waals surface area (Å²) < 4.78 is 0. The van der Waals surface area contributed by atoms with Crippen molar-refractivity contribution in [1.29, 1.82) is 0 Å². The number of fused-ring (bicyclic) bond motifs is 9. The third-order valence-electron chi connectivity index (χ3n) is 14.9. The largest absolute Gasteiger partial charge is 0.310 e. The third kappa shape index (κ3) is 7.10. The summed E-state index contributed by atoms with van der Waals surface area (Å²) in [7, 11) is 0. The molecule has 7 aromatic carbocycles. The predicted molar refractivity (Wildman–Crippen MR) is 278 cm³/mol. The minimum atomic E-state index is -0.112. The van der Waals surface area contributed by atoms with Crippen LogP contribution in [-0.2, 0) is 36.5 Å². The van der Waals surface area contributed by atoms with Gasteiger partial charge >= 0.3 is 0 Å². The number of nitrogens with zero attached hydrogens (tertiary/aromatic N) is 1. The van der Waals surface area contributed by atoms with Gasteiger partial charge in [-0.25, -0.2) is 0 Å². The van der Waals surface area contributed by atoms with E-state index in [1.165, 1.54) is 106 Å². The zero-order chi connectivity index (χ0) is 45.0. The number of allylic oxidation sites excluding steroid dienone is 4. The van der Waals surface area contributed by atoms with Crippen molar-refractivity contribution in [2.24, 2.45) is 0 Å². The van der Waals surface area contributed by atoms with Gasteiger partial charge in [0.25, 0.3) is 0 Å². The van der Waals surface area contributed by atoms with Crippen molar-refractivity contribution in [3.8, 4) is 11.1 Å². The van der Waals surface area contributed by atoms with Crippen LogP contribution in [0, 0.1) is 6.92 Å². The number of aryl methyl sites for hydroxylation is 1. The van der Waals surface area contributed by atoms with E-state index in [1.807, 2.05) is 0 Å². The summed E-state index contributed by atoms with van der Waals surface area (Å²) in [5.74, 6) is 0.394. The molecule has 3 aliphatic carbocycles. The molecule has 0 atom stereocenters. The van der Waals surface area contributed by atoms with Crippen molar-refractivity contribution < 1.29 is 0 Å². The summed E-state index contributed by atoms with van der Waals surface area (Å²) in [6, 6.07) is 57.2. The van der Waals surface area contributed by atoms with Gasteiger partial charge in [0.1, 0.15) is 0 Å². The van der Waals surface area contributed by atoms with Gasteiger partial charge in [0.05, 0.1) is 11.4 Å². The van der Waals surface area contributed by atoms with Crippen LogP contribution in [0.2, 0.25) is 0 Å². The average Bonchev–Trinajstić information content (AvgIpc) is 4.01. The van der Waals surface area contributed by atoms with Crippen LogP contribution in [0.5, 0.6) is 0 Å². The van der Waals surface area contributed by atoms with E-state index >= 15 is 0 Å². The van der Waals surface area contributed by atoms with E-state index in [0.29, 0.717) is 5.92 Å². The highest BCUT2D eigenvalue weighted by molar-refractivity contribution is 5.87. The molecule has 0 saturated carbocycles. The van der Waals surface area contributed by atoms with Crippen molar-refractivity contribution in [1.82, 2.24) is 0 Å². The molecule has 65 heavy (non-hydrogen) atoms. The molecule has 0 N–H and O–H groups in total. The van der Waals surface area contributed by atoms with Crippen molar-refractivity contribution in [2.45, 2.75) is 77.0 Å². The molecule has 1 spiro atoms. The lowest BCUT2D eigenvalue weighted by Crippen LogP contribution is -2.31. The Kier molecular flexibility index (Phi) is 10.7. The summed E-state index contributed by atoms with van der Waals surface area (Å²) in [5.41, 5.74) is 26.6. The second kappa shape index (κ2) is 16.5. The molecule has 1 nitrogen and oxygen atoms in total. The monoisotopic (exact) mass is 841 g/mol. The number of para-hydroxylation sites is 2. The minimum absolute atomic E-state index is 0.0204. The van der Waals surface area contributed by atoms with Crippen molar-refractivity contribution >= 4 is 29.1 Å². The molecule has 7 aromatic rings. The van der Waals surface area contributed by atoms with Crippen LogP contribution < -0.4 is 4.90 Å². The molecule has 0 fully saturated rings. The second-order valence-corrected chi connectivity index (χ2v) is 19.3. The second-order valence-electron chi connectivity index (χ2n) is 19.3. The molecular weight excluding hydrogens is 783 g/mol. The minimum Gasteiger partial charge on any atom is -0.310 e. The van der Waals surface area contributed by atoms with Crippen molar-refractivity contribution in [2.75, 3.05) is 4.90 Å². The van der Waals surface area contributed by atoms with E-state index in [9.17, 15) is 0 Å². The standard InChI is InChI=1S/C62H55N.C2H4/c1-40(2)50(30-24-42(4)63-59-21-13-11-19-55(59)61(5,6)56-20-12-14-22-60(56)63)51-31-27-43(34-54(51)49-36-45-15-7-8-16-46(45)37-49)25-26-44-28-32-53-52-29-23-41(3)33-57(52)62(58(53)35-44)38-47-17-9-10-18-48(47)39-62;1-2/h7-35,49H,4,36-39H2,1-3,5-6H3;1-2H2/b26-25+,30-24-;. The van der Waals surface area contributed by atoms with Crippen LogP contribution in [0.15, 0.2) is 195 Å². The molecule has 320 valence electrons. The molecule has 11 rings (SSSR count). The number of hydrogen-bond acceptors (Lipinski definition) is 1. The zero-order valence-corrected chi connectivity index (χ0v) is 38.7. The average molecular weight is 842 g/mol. The predicted octanol–water partition coefficient (Wildman–Crippen LogP) is 16.3.